The van der Waals surface area contributed by atoms with Crippen LogP contribution in [0.3, 0.4) is 0 Å². The minimum Gasteiger partial charge on any atom is -0.493 e. The minimum absolute atomic E-state index is 0.0279. The molecule has 0 unspecified atom stereocenters. The topological polar surface area (TPSA) is 117 Å². The highest BCUT2D eigenvalue weighted by Crippen LogP contribution is 2.37. The van der Waals surface area contributed by atoms with Crippen molar-refractivity contribution in [2.45, 2.75) is 13.3 Å². The third kappa shape index (κ3) is 3.35. The summed E-state index contributed by atoms with van der Waals surface area (Å²) >= 11 is 1.30. The van der Waals surface area contributed by atoms with E-state index >= 15 is 0 Å². The Morgan fingerprint density at radius 3 is 2.71 bits per heavy atom. The smallest absolute Gasteiger partial charge is 0.269 e. The summed E-state index contributed by atoms with van der Waals surface area (Å²) in [6.45, 7) is 2.06. The second kappa shape index (κ2) is 7.20. The van der Waals surface area contributed by atoms with Gasteiger partial charge >= 0.3 is 0 Å². The van der Waals surface area contributed by atoms with Crippen molar-refractivity contribution in [3.8, 4) is 17.1 Å². The van der Waals surface area contributed by atoms with Crippen molar-refractivity contribution in [2.75, 3.05) is 0 Å². The number of aromatic nitrogens is 2. The fraction of sp³-hybridized carbons (Fsp3) is 0.105. The van der Waals surface area contributed by atoms with Gasteiger partial charge in [0.1, 0.15) is 0 Å². The molecule has 4 aromatic rings. The molecule has 2 aromatic heterocycles. The van der Waals surface area contributed by atoms with Gasteiger partial charge in [0.25, 0.3) is 5.69 Å². The molecular weight excluding hydrogens is 378 g/mol. The molecule has 0 saturated carbocycles. The maximum Gasteiger partial charge on any atom is 0.269 e. The Bertz CT molecular complexity index is 1190. The van der Waals surface area contributed by atoms with E-state index in [1.165, 1.54) is 23.5 Å². The van der Waals surface area contributed by atoms with E-state index in [1.54, 1.807) is 17.5 Å². The number of hydrogen-bond acceptors (Lipinski definition) is 7. The summed E-state index contributed by atoms with van der Waals surface area (Å²) in [5.74, 6) is -0.0425. The summed E-state index contributed by atoms with van der Waals surface area (Å²) in [7, 11) is 0. The fourth-order valence-electron chi connectivity index (χ4n) is 2.82. The molecular formula is C19H15N5O3S. The maximum atomic E-state index is 10.8. The van der Waals surface area contributed by atoms with Crippen molar-refractivity contribution in [3.05, 3.63) is 63.5 Å². The third-order valence-corrected chi connectivity index (χ3v) is 5.05. The lowest BCUT2D eigenvalue weighted by molar-refractivity contribution is -0.384. The molecule has 0 saturated heterocycles. The van der Waals surface area contributed by atoms with Crippen LogP contribution in [0.2, 0.25) is 0 Å². The molecule has 0 radical (unpaired) electrons. The van der Waals surface area contributed by atoms with Crippen molar-refractivity contribution >= 4 is 38.7 Å². The first-order chi connectivity index (χ1) is 13.5. The molecule has 8 nitrogen and oxygen atoms in total. The molecule has 0 spiro atoms. The first kappa shape index (κ1) is 17.8. The van der Waals surface area contributed by atoms with Crippen molar-refractivity contribution in [2.24, 2.45) is 10.2 Å². The molecule has 140 valence electrons. The average Bonchev–Trinajstić information content (AvgIpc) is 3.29. The number of nitro groups is 1. The highest BCUT2D eigenvalue weighted by molar-refractivity contribution is 7.13. The van der Waals surface area contributed by atoms with Crippen LogP contribution >= 0.6 is 11.3 Å². The molecule has 0 amide bonds. The predicted octanol–water partition coefficient (Wildman–Crippen LogP) is 5.88. The number of benzene rings is 2. The number of azo groups is 1. The number of aryl methyl sites for hydroxylation is 1. The molecule has 0 aliphatic heterocycles. The van der Waals surface area contributed by atoms with Crippen molar-refractivity contribution in [1.82, 2.24) is 9.97 Å². The Balaban J connectivity index is 1.62. The molecule has 28 heavy (non-hydrogen) atoms. The van der Waals surface area contributed by atoms with Gasteiger partial charge in [-0.05, 0) is 36.2 Å². The number of nitro benzene ring substituents is 1. The van der Waals surface area contributed by atoms with Crippen LogP contribution in [-0.4, -0.2) is 20.0 Å². The molecule has 2 N–H and O–H groups in total. The summed E-state index contributed by atoms with van der Waals surface area (Å²) in [5, 5.41) is 32.3. The van der Waals surface area contributed by atoms with Gasteiger partial charge in [-0.15, -0.1) is 21.6 Å². The number of non-ortho nitro benzene ring substituents is 1. The molecule has 2 heterocycles. The van der Waals surface area contributed by atoms with Crippen molar-refractivity contribution in [1.29, 1.82) is 0 Å². The van der Waals surface area contributed by atoms with Gasteiger partial charge in [0.15, 0.2) is 5.69 Å². The lowest BCUT2D eigenvalue weighted by Gasteiger charge is -1.96. The Morgan fingerprint density at radius 2 is 2.00 bits per heavy atom. The number of aromatic hydroxyl groups is 1. The van der Waals surface area contributed by atoms with Gasteiger partial charge in [-0.1, -0.05) is 13.0 Å². The number of nitrogens with zero attached hydrogens (tertiary/aromatic N) is 4. The van der Waals surface area contributed by atoms with Crippen LogP contribution in [0.1, 0.15) is 12.5 Å². The largest absolute Gasteiger partial charge is 0.493 e. The van der Waals surface area contributed by atoms with E-state index in [1.807, 2.05) is 18.2 Å². The van der Waals surface area contributed by atoms with Gasteiger partial charge in [0.05, 0.1) is 16.1 Å². The molecule has 0 atom stereocenters. The van der Waals surface area contributed by atoms with Gasteiger partial charge < -0.3 is 10.1 Å². The number of H-pyrrole nitrogens is 1. The van der Waals surface area contributed by atoms with Gasteiger partial charge in [-0.2, -0.15) is 0 Å². The summed E-state index contributed by atoms with van der Waals surface area (Å²) < 4.78 is 0. The predicted molar refractivity (Wildman–Crippen MR) is 108 cm³/mol. The molecule has 0 fully saturated rings. The number of fused-ring (bicyclic) bond motifs is 1. The van der Waals surface area contributed by atoms with E-state index in [0.29, 0.717) is 16.5 Å². The van der Waals surface area contributed by atoms with E-state index in [0.717, 1.165) is 28.5 Å². The van der Waals surface area contributed by atoms with Gasteiger partial charge in [-0.25, -0.2) is 4.98 Å². The summed E-state index contributed by atoms with van der Waals surface area (Å²) in [6, 6.07) is 12.0. The molecule has 9 heteroatoms. The Labute approximate surface area is 163 Å². The Kier molecular flexibility index (Phi) is 4.58. The Hall–Kier alpha value is -3.59. The zero-order chi connectivity index (χ0) is 19.7. The summed E-state index contributed by atoms with van der Waals surface area (Å²) in [4.78, 5) is 17.6. The van der Waals surface area contributed by atoms with Crippen LogP contribution in [0.25, 0.3) is 22.2 Å². The first-order valence-corrected chi connectivity index (χ1v) is 9.39. The molecule has 4 rings (SSSR count). The van der Waals surface area contributed by atoms with Crippen LogP contribution in [-0.2, 0) is 6.42 Å². The fourth-order valence-corrected chi connectivity index (χ4v) is 3.47. The van der Waals surface area contributed by atoms with E-state index in [9.17, 15) is 15.2 Å². The van der Waals surface area contributed by atoms with Gasteiger partial charge in [-0.3, -0.25) is 10.1 Å². The third-order valence-electron chi connectivity index (χ3n) is 4.33. The molecule has 0 bridgehead atoms. The minimum atomic E-state index is -0.442. The normalized spacial score (nSPS) is 11.5. The average molecular weight is 393 g/mol. The summed E-state index contributed by atoms with van der Waals surface area (Å²) in [5.41, 5.74) is 3.74. The van der Waals surface area contributed by atoms with Crippen LogP contribution in [0.15, 0.2) is 58.1 Å². The van der Waals surface area contributed by atoms with Crippen molar-refractivity contribution in [3.63, 3.8) is 0 Å². The van der Waals surface area contributed by atoms with Crippen molar-refractivity contribution < 1.29 is 10.0 Å². The second-order valence-electron chi connectivity index (χ2n) is 6.08. The van der Waals surface area contributed by atoms with Crippen LogP contribution in [0.4, 0.5) is 16.5 Å². The molecule has 0 aliphatic rings. The van der Waals surface area contributed by atoms with Gasteiger partial charge in [0.2, 0.25) is 11.0 Å². The number of nitrogens with one attached hydrogen (secondary N) is 1. The second-order valence-corrected chi connectivity index (χ2v) is 6.91. The lowest BCUT2D eigenvalue weighted by atomic mass is 10.1. The number of thiazole rings is 1. The van der Waals surface area contributed by atoms with E-state index < -0.39 is 4.92 Å². The molecule has 2 aromatic carbocycles. The van der Waals surface area contributed by atoms with Crippen LogP contribution in [0, 0.1) is 10.1 Å². The quantitative estimate of drug-likeness (QED) is 0.250. The molecule has 0 aliphatic carbocycles. The zero-order valence-electron chi connectivity index (χ0n) is 14.8. The highest BCUT2D eigenvalue weighted by atomic mass is 32.1. The highest BCUT2D eigenvalue weighted by Gasteiger charge is 2.12. The SMILES string of the molecule is CCc1ccc2[nH]c(O)c(N=Nc3nc(-c4ccc([N+](=O)[O-])cc4)cs3)c2c1. The summed E-state index contributed by atoms with van der Waals surface area (Å²) in [6.07, 6.45) is 0.879. The monoisotopic (exact) mass is 393 g/mol. The Morgan fingerprint density at radius 1 is 1.21 bits per heavy atom. The zero-order valence-corrected chi connectivity index (χ0v) is 15.6. The lowest BCUT2D eigenvalue weighted by Crippen LogP contribution is -1.87. The van der Waals surface area contributed by atoms with Crippen LogP contribution in [0.5, 0.6) is 5.88 Å². The number of hydrogen-bond donors (Lipinski definition) is 2. The first-order valence-electron chi connectivity index (χ1n) is 8.51. The van der Waals surface area contributed by atoms with E-state index in [-0.39, 0.29) is 11.6 Å². The van der Waals surface area contributed by atoms with Crippen LogP contribution < -0.4 is 0 Å². The van der Waals surface area contributed by atoms with E-state index in [2.05, 4.69) is 27.1 Å². The van der Waals surface area contributed by atoms with E-state index in [4.69, 9.17) is 0 Å². The number of aromatic amines is 1. The number of rotatable bonds is 5. The maximum absolute atomic E-state index is 10.8. The van der Waals surface area contributed by atoms with Gasteiger partial charge in [0, 0.05) is 28.5 Å². The standard InChI is InChI=1S/C19H15N5O3S/c1-2-11-3-8-15-14(9-11)17(18(25)20-15)22-23-19-21-16(10-28-19)12-4-6-13(7-5-12)24(26)27/h3-10,20,25H,2H2,1H3.